The van der Waals surface area contributed by atoms with Gasteiger partial charge in [-0.25, -0.2) is 4.98 Å². The number of amides is 2. The van der Waals surface area contributed by atoms with Crippen molar-refractivity contribution >= 4 is 34.5 Å². The quantitative estimate of drug-likeness (QED) is 0.630. The summed E-state index contributed by atoms with van der Waals surface area (Å²) in [5.41, 5.74) is 2.67. The average molecular weight is 411 g/mol. The van der Waals surface area contributed by atoms with Gasteiger partial charge in [-0.1, -0.05) is 6.07 Å². The van der Waals surface area contributed by atoms with E-state index in [9.17, 15) is 9.59 Å². The topological polar surface area (TPSA) is 89.5 Å². The summed E-state index contributed by atoms with van der Waals surface area (Å²) in [6, 6.07) is 12.5. The summed E-state index contributed by atoms with van der Waals surface area (Å²) in [7, 11) is 3.15. The maximum Gasteiger partial charge on any atom is 0.267 e. The fourth-order valence-electron chi connectivity index (χ4n) is 2.77. The summed E-state index contributed by atoms with van der Waals surface area (Å²) < 4.78 is 10.6. The highest BCUT2D eigenvalue weighted by Gasteiger charge is 2.18. The third kappa shape index (κ3) is 4.72. The van der Waals surface area contributed by atoms with Crippen molar-refractivity contribution < 1.29 is 19.1 Å². The number of benzene rings is 2. The van der Waals surface area contributed by atoms with Gasteiger partial charge >= 0.3 is 0 Å². The Labute approximate surface area is 172 Å². The third-order valence-electron chi connectivity index (χ3n) is 4.07. The van der Waals surface area contributed by atoms with Gasteiger partial charge in [0.25, 0.3) is 5.91 Å². The van der Waals surface area contributed by atoms with Crippen LogP contribution in [0.25, 0.3) is 10.6 Å². The number of hydrogen-bond donors (Lipinski definition) is 2. The van der Waals surface area contributed by atoms with E-state index in [1.807, 2.05) is 12.1 Å². The van der Waals surface area contributed by atoms with Gasteiger partial charge in [0.05, 0.1) is 19.9 Å². The van der Waals surface area contributed by atoms with Crippen molar-refractivity contribution in [3.8, 4) is 22.1 Å². The minimum absolute atomic E-state index is 0.175. The van der Waals surface area contributed by atoms with Crippen molar-refractivity contribution in [3.05, 3.63) is 53.0 Å². The lowest BCUT2D eigenvalue weighted by Gasteiger charge is -2.08. The van der Waals surface area contributed by atoms with E-state index >= 15 is 0 Å². The molecule has 3 aromatic rings. The second-order valence-electron chi connectivity index (χ2n) is 6.22. The van der Waals surface area contributed by atoms with E-state index in [-0.39, 0.29) is 11.8 Å². The number of hydrogen-bond acceptors (Lipinski definition) is 6. The molecule has 1 heterocycles. The van der Waals surface area contributed by atoms with Gasteiger partial charge in [0, 0.05) is 23.9 Å². The second kappa shape index (κ2) is 8.74. The molecule has 0 unspecified atom stereocenters. The zero-order valence-corrected chi connectivity index (χ0v) is 17.3. The first kappa shape index (κ1) is 20.3. The molecule has 0 spiro atoms. The number of methoxy groups -OCH3 is 2. The van der Waals surface area contributed by atoms with Gasteiger partial charge in [0.1, 0.15) is 9.88 Å². The average Bonchev–Trinajstić information content (AvgIpc) is 3.09. The van der Waals surface area contributed by atoms with Crippen molar-refractivity contribution in [2.75, 3.05) is 24.9 Å². The number of nitrogens with one attached hydrogen (secondary N) is 2. The summed E-state index contributed by atoms with van der Waals surface area (Å²) in [5, 5.41) is 6.26. The molecule has 29 heavy (non-hydrogen) atoms. The molecule has 150 valence electrons. The molecular formula is C21H21N3O4S. The summed E-state index contributed by atoms with van der Waals surface area (Å²) in [5.74, 6) is 0.790. The highest BCUT2D eigenvalue weighted by Crippen LogP contribution is 2.35. The highest BCUT2D eigenvalue weighted by atomic mass is 32.1. The lowest BCUT2D eigenvalue weighted by atomic mass is 10.2. The first-order chi connectivity index (χ1) is 13.9. The number of carbonyl (C=O) groups is 2. The number of carbonyl (C=O) groups excluding carboxylic acids is 2. The number of aromatic nitrogens is 1. The van der Waals surface area contributed by atoms with E-state index < -0.39 is 0 Å². The Balaban J connectivity index is 1.83. The number of aryl methyl sites for hydroxylation is 1. The van der Waals surface area contributed by atoms with Crippen LogP contribution in [0, 0.1) is 6.92 Å². The normalized spacial score (nSPS) is 10.3. The van der Waals surface area contributed by atoms with Crippen molar-refractivity contribution in [3.63, 3.8) is 0 Å². The largest absolute Gasteiger partial charge is 0.493 e. The van der Waals surface area contributed by atoms with Crippen LogP contribution >= 0.6 is 11.3 Å². The van der Waals surface area contributed by atoms with Gasteiger partial charge in [-0.05, 0) is 43.3 Å². The maximum atomic E-state index is 12.8. The molecule has 0 aliphatic rings. The van der Waals surface area contributed by atoms with E-state index in [0.29, 0.717) is 38.5 Å². The first-order valence-electron chi connectivity index (χ1n) is 8.80. The van der Waals surface area contributed by atoms with E-state index in [1.165, 1.54) is 18.3 Å². The predicted octanol–water partition coefficient (Wildman–Crippen LogP) is 4.35. The monoisotopic (exact) mass is 411 g/mol. The lowest BCUT2D eigenvalue weighted by Crippen LogP contribution is -2.12. The fourth-order valence-corrected chi connectivity index (χ4v) is 3.72. The van der Waals surface area contributed by atoms with Gasteiger partial charge in [0.2, 0.25) is 5.91 Å². The van der Waals surface area contributed by atoms with Gasteiger partial charge in [-0.3, -0.25) is 9.59 Å². The van der Waals surface area contributed by atoms with Crippen molar-refractivity contribution in [1.82, 2.24) is 4.98 Å². The summed E-state index contributed by atoms with van der Waals surface area (Å²) in [4.78, 5) is 29.0. The fraction of sp³-hybridized carbons (Fsp3) is 0.190. The molecule has 0 saturated carbocycles. The standard InChI is InChI=1S/C21H21N3O4S/c1-12-19(20(26)24-16-7-5-6-15(11-16)23-13(2)25)29-21(22-12)14-8-9-17(27-3)18(10-14)28-4/h5-11H,1-4H3,(H,23,25)(H,24,26). The van der Waals surface area contributed by atoms with Crippen molar-refractivity contribution in [2.45, 2.75) is 13.8 Å². The number of anilines is 2. The predicted molar refractivity (Wildman–Crippen MR) is 114 cm³/mol. The van der Waals surface area contributed by atoms with Gasteiger partial charge < -0.3 is 20.1 Å². The smallest absolute Gasteiger partial charge is 0.267 e. The van der Waals surface area contributed by atoms with Gasteiger partial charge in [-0.2, -0.15) is 0 Å². The molecule has 2 N–H and O–H groups in total. The number of thiazole rings is 1. The highest BCUT2D eigenvalue weighted by molar-refractivity contribution is 7.17. The summed E-state index contributed by atoms with van der Waals surface area (Å²) in [6.45, 7) is 3.23. The molecular weight excluding hydrogens is 390 g/mol. The Bertz CT molecular complexity index is 1060. The minimum atomic E-state index is -0.258. The van der Waals surface area contributed by atoms with Crippen LogP contribution in [-0.2, 0) is 4.79 Å². The van der Waals surface area contributed by atoms with Crippen LogP contribution in [0.4, 0.5) is 11.4 Å². The van der Waals surface area contributed by atoms with Crippen LogP contribution in [0.15, 0.2) is 42.5 Å². The van der Waals surface area contributed by atoms with Crippen molar-refractivity contribution in [1.29, 1.82) is 0 Å². The van der Waals surface area contributed by atoms with E-state index in [1.54, 1.807) is 51.5 Å². The summed E-state index contributed by atoms with van der Waals surface area (Å²) in [6.07, 6.45) is 0. The molecule has 0 fully saturated rings. The molecule has 8 heteroatoms. The molecule has 0 saturated heterocycles. The molecule has 7 nitrogen and oxygen atoms in total. The molecule has 2 amide bonds. The first-order valence-corrected chi connectivity index (χ1v) is 9.61. The zero-order chi connectivity index (χ0) is 21.0. The Hall–Kier alpha value is -3.39. The summed E-state index contributed by atoms with van der Waals surface area (Å²) >= 11 is 1.30. The van der Waals surface area contributed by atoms with E-state index in [4.69, 9.17) is 9.47 Å². The number of ether oxygens (including phenoxy) is 2. The lowest BCUT2D eigenvalue weighted by molar-refractivity contribution is -0.114. The maximum absolute atomic E-state index is 12.8. The Morgan fingerprint density at radius 3 is 2.31 bits per heavy atom. The molecule has 2 aromatic carbocycles. The molecule has 3 rings (SSSR count). The molecule has 1 aromatic heterocycles. The molecule has 0 aliphatic heterocycles. The Morgan fingerprint density at radius 2 is 1.66 bits per heavy atom. The number of nitrogens with zero attached hydrogens (tertiary/aromatic N) is 1. The second-order valence-corrected chi connectivity index (χ2v) is 7.22. The number of rotatable bonds is 6. The van der Waals surface area contributed by atoms with E-state index in [0.717, 1.165) is 5.56 Å². The van der Waals surface area contributed by atoms with Crippen LogP contribution < -0.4 is 20.1 Å². The van der Waals surface area contributed by atoms with E-state index in [2.05, 4.69) is 15.6 Å². The van der Waals surface area contributed by atoms with Gasteiger partial charge in [0.15, 0.2) is 11.5 Å². The van der Waals surface area contributed by atoms with Crippen LogP contribution in [0.3, 0.4) is 0 Å². The Morgan fingerprint density at radius 1 is 0.966 bits per heavy atom. The minimum Gasteiger partial charge on any atom is -0.493 e. The Kier molecular flexibility index (Phi) is 6.13. The van der Waals surface area contributed by atoms with Crippen LogP contribution in [0.1, 0.15) is 22.3 Å². The molecule has 0 bridgehead atoms. The van der Waals surface area contributed by atoms with Crippen LogP contribution in [-0.4, -0.2) is 31.0 Å². The molecule has 0 radical (unpaired) electrons. The molecule has 0 atom stereocenters. The zero-order valence-electron chi connectivity index (χ0n) is 16.5. The van der Waals surface area contributed by atoms with Crippen LogP contribution in [0.2, 0.25) is 0 Å². The SMILES string of the molecule is COc1ccc(-c2nc(C)c(C(=O)Nc3cccc(NC(C)=O)c3)s2)cc1OC. The third-order valence-corrected chi connectivity index (χ3v) is 5.28. The molecule has 0 aliphatic carbocycles. The van der Waals surface area contributed by atoms with Gasteiger partial charge in [-0.15, -0.1) is 11.3 Å². The van der Waals surface area contributed by atoms with Crippen LogP contribution in [0.5, 0.6) is 11.5 Å². The van der Waals surface area contributed by atoms with Crippen molar-refractivity contribution in [2.24, 2.45) is 0 Å².